The fourth-order valence-electron chi connectivity index (χ4n) is 1.34. The summed E-state index contributed by atoms with van der Waals surface area (Å²) in [5, 5.41) is 12.1. The molecule has 4 heteroatoms. The molecule has 0 saturated heterocycles. The average Bonchev–Trinajstić information content (AvgIpc) is 2.18. The largest absolute Gasteiger partial charge is 0.396 e. The predicted molar refractivity (Wildman–Crippen MR) is 64.5 cm³/mol. The van der Waals surface area contributed by atoms with E-state index in [4.69, 9.17) is 5.11 Å². The zero-order valence-electron chi connectivity index (χ0n) is 8.91. The zero-order chi connectivity index (χ0) is 11.1. The highest BCUT2D eigenvalue weighted by molar-refractivity contribution is 9.10. The molecule has 15 heavy (non-hydrogen) atoms. The summed E-state index contributed by atoms with van der Waals surface area (Å²) in [6, 6.07) is 2.05. The Kier molecular flexibility index (Phi) is 5.83. The van der Waals surface area contributed by atoms with Crippen molar-refractivity contribution < 1.29 is 5.11 Å². The third-order valence-corrected chi connectivity index (χ3v) is 2.64. The van der Waals surface area contributed by atoms with Crippen LogP contribution >= 0.6 is 15.9 Å². The lowest BCUT2D eigenvalue weighted by Gasteiger charge is -2.10. The predicted octanol–water partition coefficient (Wildman–Crippen LogP) is 1.95. The van der Waals surface area contributed by atoms with Gasteiger partial charge in [-0.1, -0.05) is 6.92 Å². The highest BCUT2D eigenvalue weighted by Gasteiger charge is 2.00. The van der Waals surface area contributed by atoms with E-state index in [0.29, 0.717) is 5.92 Å². The molecule has 0 spiro atoms. The molecule has 1 heterocycles. The van der Waals surface area contributed by atoms with E-state index < -0.39 is 0 Å². The number of aliphatic hydroxyl groups is 1. The van der Waals surface area contributed by atoms with Gasteiger partial charge >= 0.3 is 0 Å². The summed E-state index contributed by atoms with van der Waals surface area (Å²) >= 11 is 3.38. The van der Waals surface area contributed by atoms with Crippen molar-refractivity contribution in [2.45, 2.75) is 19.9 Å². The van der Waals surface area contributed by atoms with Gasteiger partial charge in [-0.05, 0) is 46.4 Å². The molecule has 1 atom stereocenters. The monoisotopic (exact) mass is 272 g/mol. The van der Waals surface area contributed by atoms with Crippen LogP contribution in [0.3, 0.4) is 0 Å². The van der Waals surface area contributed by atoms with Crippen molar-refractivity contribution in [1.29, 1.82) is 0 Å². The molecule has 0 aliphatic heterocycles. The highest BCUT2D eigenvalue weighted by atomic mass is 79.9. The molecule has 0 bridgehead atoms. The van der Waals surface area contributed by atoms with Crippen molar-refractivity contribution in [1.82, 2.24) is 10.3 Å². The normalized spacial score (nSPS) is 12.7. The number of rotatable bonds is 6. The van der Waals surface area contributed by atoms with Crippen LogP contribution in [-0.2, 0) is 6.54 Å². The van der Waals surface area contributed by atoms with Gasteiger partial charge in [-0.25, -0.2) is 0 Å². The SMILES string of the molecule is CC(CCO)CNCc1cncc(Br)c1. The number of hydrogen-bond acceptors (Lipinski definition) is 3. The first-order chi connectivity index (χ1) is 7.22. The van der Waals surface area contributed by atoms with Gasteiger partial charge in [-0.3, -0.25) is 4.98 Å². The summed E-state index contributed by atoms with van der Waals surface area (Å²) in [4.78, 5) is 4.09. The minimum Gasteiger partial charge on any atom is -0.396 e. The Morgan fingerprint density at radius 3 is 3.00 bits per heavy atom. The molecular weight excluding hydrogens is 256 g/mol. The van der Waals surface area contributed by atoms with Gasteiger partial charge in [0.15, 0.2) is 0 Å². The minimum absolute atomic E-state index is 0.265. The van der Waals surface area contributed by atoms with Gasteiger partial charge in [-0.2, -0.15) is 0 Å². The maximum atomic E-state index is 8.75. The fraction of sp³-hybridized carbons (Fsp3) is 0.545. The van der Waals surface area contributed by atoms with E-state index in [1.807, 2.05) is 6.20 Å². The van der Waals surface area contributed by atoms with Gasteiger partial charge in [0.1, 0.15) is 0 Å². The van der Waals surface area contributed by atoms with Gasteiger partial charge in [0.05, 0.1) is 0 Å². The Morgan fingerprint density at radius 2 is 2.33 bits per heavy atom. The number of halogens is 1. The lowest BCUT2D eigenvalue weighted by molar-refractivity contribution is 0.260. The van der Waals surface area contributed by atoms with Crippen molar-refractivity contribution in [3.05, 3.63) is 28.5 Å². The van der Waals surface area contributed by atoms with Crippen LogP contribution < -0.4 is 5.32 Å². The summed E-state index contributed by atoms with van der Waals surface area (Å²) in [6.45, 7) is 4.14. The lowest BCUT2D eigenvalue weighted by atomic mass is 10.1. The van der Waals surface area contributed by atoms with E-state index in [2.05, 4.69) is 39.2 Å². The van der Waals surface area contributed by atoms with E-state index in [9.17, 15) is 0 Å². The van der Waals surface area contributed by atoms with Gasteiger partial charge in [0.2, 0.25) is 0 Å². The molecule has 0 saturated carbocycles. The van der Waals surface area contributed by atoms with Crippen molar-refractivity contribution in [3.63, 3.8) is 0 Å². The molecule has 84 valence electrons. The van der Waals surface area contributed by atoms with E-state index in [1.54, 1.807) is 6.20 Å². The Bertz CT molecular complexity index is 294. The Hall–Kier alpha value is -0.450. The molecule has 1 unspecified atom stereocenters. The van der Waals surface area contributed by atoms with Crippen molar-refractivity contribution in [2.75, 3.05) is 13.2 Å². The van der Waals surface area contributed by atoms with Crippen molar-refractivity contribution >= 4 is 15.9 Å². The van der Waals surface area contributed by atoms with Crippen LogP contribution in [0.2, 0.25) is 0 Å². The molecular formula is C11H17BrN2O. The van der Waals surface area contributed by atoms with E-state index in [1.165, 1.54) is 5.56 Å². The van der Waals surface area contributed by atoms with Crippen LogP contribution in [0.15, 0.2) is 22.9 Å². The summed E-state index contributed by atoms with van der Waals surface area (Å²) < 4.78 is 1.00. The highest BCUT2D eigenvalue weighted by Crippen LogP contribution is 2.09. The van der Waals surface area contributed by atoms with Gasteiger partial charge in [-0.15, -0.1) is 0 Å². The third-order valence-electron chi connectivity index (χ3n) is 2.21. The van der Waals surface area contributed by atoms with E-state index in [0.717, 1.165) is 24.0 Å². The Balaban J connectivity index is 2.25. The number of pyridine rings is 1. The van der Waals surface area contributed by atoms with Crippen LogP contribution in [0.4, 0.5) is 0 Å². The number of nitrogens with zero attached hydrogens (tertiary/aromatic N) is 1. The maximum absolute atomic E-state index is 8.75. The van der Waals surface area contributed by atoms with Crippen molar-refractivity contribution in [2.24, 2.45) is 5.92 Å². The fourth-order valence-corrected chi connectivity index (χ4v) is 1.75. The second kappa shape index (κ2) is 6.93. The third kappa shape index (κ3) is 5.25. The summed E-state index contributed by atoms with van der Waals surface area (Å²) in [5.41, 5.74) is 1.17. The molecule has 0 aliphatic rings. The van der Waals surface area contributed by atoms with E-state index in [-0.39, 0.29) is 6.61 Å². The quantitative estimate of drug-likeness (QED) is 0.832. The maximum Gasteiger partial charge on any atom is 0.0434 e. The molecule has 0 amide bonds. The van der Waals surface area contributed by atoms with Gasteiger partial charge < -0.3 is 10.4 Å². The molecule has 0 aromatic carbocycles. The first kappa shape index (κ1) is 12.6. The smallest absolute Gasteiger partial charge is 0.0434 e. The molecule has 3 nitrogen and oxygen atoms in total. The number of hydrogen-bond donors (Lipinski definition) is 2. The first-order valence-electron chi connectivity index (χ1n) is 5.13. The second-order valence-corrected chi connectivity index (χ2v) is 4.68. The molecule has 0 radical (unpaired) electrons. The van der Waals surface area contributed by atoms with Crippen LogP contribution in [0.1, 0.15) is 18.9 Å². The standard InChI is InChI=1S/C11H17BrN2O/c1-9(2-3-15)5-13-6-10-4-11(12)8-14-7-10/h4,7-9,13,15H,2-3,5-6H2,1H3. The number of aromatic nitrogens is 1. The summed E-state index contributed by atoms with van der Waals surface area (Å²) in [5.74, 6) is 0.509. The molecule has 0 fully saturated rings. The van der Waals surface area contributed by atoms with Gasteiger partial charge in [0.25, 0.3) is 0 Å². The van der Waals surface area contributed by atoms with Crippen LogP contribution in [0.25, 0.3) is 0 Å². The molecule has 1 rings (SSSR count). The van der Waals surface area contributed by atoms with Gasteiger partial charge in [0, 0.05) is 30.0 Å². The van der Waals surface area contributed by atoms with Crippen LogP contribution in [0, 0.1) is 5.92 Å². The second-order valence-electron chi connectivity index (χ2n) is 3.76. The number of nitrogens with one attached hydrogen (secondary N) is 1. The Morgan fingerprint density at radius 1 is 1.53 bits per heavy atom. The first-order valence-corrected chi connectivity index (χ1v) is 5.92. The molecule has 2 N–H and O–H groups in total. The van der Waals surface area contributed by atoms with Crippen molar-refractivity contribution in [3.8, 4) is 0 Å². The van der Waals surface area contributed by atoms with Crippen LogP contribution in [-0.4, -0.2) is 23.2 Å². The number of aliphatic hydroxyl groups excluding tert-OH is 1. The summed E-state index contributed by atoms with van der Waals surface area (Å²) in [7, 11) is 0. The molecule has 1 aromatic heterocycles. The minimum atomic E-state index is 0.265. The van der Waals surface area contributed by atoms with E-state index >= 15 is 0 Å². The van der Waals surface area contributed by atoms with Crippen LogP contribution in [0.5, 0.6) is 0 Å². The Labute approximate surface area is 99.1 Å². The average molecular weight is 273 g/mol. The topological polar surface area (TPSA) is 45.1 Å². The zero-order valence-corrected chi connectivity index (χ0v) is 10.5. The lowest BCUT2D eigenvalue weighted by Crippen LogP contribution is -2.21. The summed E-state index contributed by atoms with van der Waals surface area (Å²) in [6.07, 6.45) is 4.48. The molecule has 1 aromatic rings. The molecule has 0 aliphatic carbocycles.